The maximum atomic E-state index is 13.7. The molecule has 0 aliphatic carbocycles. The van der Waals surface area contributed by atoms with Crippen molar-refractivity contribution in [2.45, 2.75) is 6.18 Å². The number of benzene rings is 2. The van der Waals surface area contributed by atoms with Crippen LogP contribution in [-0.2, 0) is 11.0 Å². The van der Waals surface area contributed by atoms with Crippen LogP contribution in [0.2, 0.25) is 0 Å². The standard InChI is InChI=1S/C24H22F3N5OS/c1-30(2)13-18-21(33)20(23-29-17-10-5-6-11-19(17)34-23)22(28-14-31(3)4)32(18)16-9-7-8-15(12-16)24(25,26)27/h5-14H,1-4H3. The predicted molar refractivity (Wildman–Crippen MR) is 129 cm³/mol. The molecule has 2 aromatic carbocycles. The molecular formula is C24H22F3N5OS. The molecule has 1 aliphatic heterocycles. The highest BCUT2D eigenvalue weighted by Crippen LogP contribution is 2.42. The summed E-state index contributed by atoms with van der Waals surface area (Å²) in [5.74, 6) is -0.152. The molecule has 34 heavy (non-hydrogen) atoms. The highest BCUT2D eigenvalue weighted by molar-refractivity contribution is 7.19. The van der Waals surface area contributed by atoms with Gasteiger partial charge >= 0.3 is 6.18 Å². The van der Waals surface area contributed by atoms with E-state index in [-0.39, 0.29) is 28.6 Å². The number of allylic oxidation sites excluding steroid dienone is 1. The van der Waals surface area contributed by atoms with Crippen LogP contribution in [0.1, 0.15) is 10.6 Å². The first-order valence-corrected chi connectivity index (χ1v) is 11.1. The Morgan fingerprint density at radius 3 is 2.41 bits per heavy atom. The van der Waals surface area contributed by atoms with E-state index in [2.05, 4.69) is 9.98 Å². The van der Waals surface area contributed by atoms with E-state index < -0.39 is 11.7 Å². The molecule has 0 fully saturated rings. The van der Waals surface area contributed by atoms with Crippen molar-refractivity contribution in [3.63, 3.8) is 0 Å². The van der Waals surface area contributed by atoms with Gasteiger partial charge in [-0.25, -0.2) is 9.98 Å². The lowest BCUT2D eigenvalue weighted by Gasteiger charge is -2.23. The van der Waals surface area contributed by atoms with Gasteiger partial charge < -0.3 is 9.80 Å². The summed E-state index contributed by atoms with van der Waals surface area (Å²) >= 11 is 1.34. The van der Waals surface area contributed by atoms with Crippen molar-refractivity contribution in [2.75, 3.05) is 33.1 Å². The van der Waals surface area contributed by atoms with Crippen molar-refractivity contribution in [1.29, 1.82) is 0 Å². The van der Waals surface area contributed by atoms with E-state index in [1.165, 1.54) is 34.7 Å². The van der Waals surface area contributed by atoms with Crippen LogP contribution in [0.15, 0.2) is 71.2 Å². The number of hydrogen-bond acceptors (Lipinski definition) is 6. The summed E-state index contributed by atoms with van der Waals surface area (Å²) in [5, 5.41) is 0.455. The lowest BCUT2D eigenvalue weighted by atomic mass is 10.1. The van der Waals surface area contributed by atoms with Gasteiger partial charge in [0.1, 0.15) is 16.3 Å². The smallest absolute Gasteiger partial charge is 0.382 e. The zero-order valence-electron chi connectivity index (χ0n) is 19.0. The quantitative estimate of drug-likeness (QED) is 0.287. The molecule has 6 nitrogen and oxygen atoms in total. The van der Waals surface area contributed by atoms with Crippen molar-refractivity contribution in [3.05, 3.63) is 76.8 Å². The number of carbonyl (C=O) groups is 1. The van der Waals surface area contributed by atoms with Crippen LogP contribution >= 0.6 is 11.3 Å². The van der Waals surface area contributed by atoms with Crippen LogP contribution in [0.5, 0.6) is 0 Å². The zero-order valence-corrected chi connectivity index (χ0v) is 19.8. The third-order valence-electron chi connectivity index (χ3n) is 4.87. The fourth-order valence-corrected chi connectivity index (χ4v) is 4.47. The summed E-state index contributed by atoms with van der Waals surface area (Å²) < 4.78 is 41.3. The highest BCUT2D eigenvalue weighted by Gasteiger charge is 2.40. The zero-order chi connectivity index (χ0) is 24.6. The number of ketones is 1. The third-order valence-corrected chi connectivity index (χ3v) is 5.92. The fraction of sp³-hybridized carbons (Fsp3) is 0.208. The van der Waals surface area contributed by atoms with E-state index in [0.717, 1.165) is 22.3 Å². The number of aromatic nitrogens is 1. The molecule has 0 radical (unpaired) electrons. The van der Waals surface area contributed by atoms with Crippen LogP contribution in [0.4, 0.5) is 18.9 Å². The molecule has 0 spiro atoms. The number of para-hydroxylation sites is 1. The Labute approximate surface area is 198 Å². The van der Waals surface area contributed by atoms with E-state index in [1.807, 2.05) is 24.3 Å². The average molecular weight is 486 g/mol. The van der Waals surface area contributed by atoms with Crippen LogP contribution in [0.3, 0.4) is 0 Å². The molecule has 0 saturated heterocycles. The summed E-state index contributed by atoms with van der Waals surface area (Å²) in [6.07, 6.45) is -1.44. The molecule has 0 unspecified atom stereocenters. The molecular weight excluding hydrogens is 463 g/mol. The van der Waals surface area contributed by atoms with Crippen LogP contribution in [-0.4, -0.2) is 55.1 Å². The Bertz CT molecular complexity index is 1300. The lowest BCUT2D eigenvalue weighted by Crippen LogP contribution is -2.22. The number of Topliss-reactive ketones (excluding diaryl/α,β-unsaturated/α-hetero) is 1. The minimum absolute atomic E-state index is 0.179. The Kier molecular flexibility index (Phi) is 6.18. The number of carbonyl (C=O) groups excluding carboxylic acids is 1. The number of hydrogen-bond donors (Lipinski definition) is 0. The molecule has 0 bridgehead atoms. The summed E-state index contributed by atoms with van der Waals surface area (Å²) in [5.41, 5.74) is 0.521. The summed E-state index contributed by atoms with van der Waals surface area (Å²) in [7, 11) is 7.01. The number of aliphatic imine (C=N–C) groups is 1. The molecule has 0 saturated carbocycles. The Morgan fingerprint density at radius 2 is 1.76 bits per heavy atom. The normalized spacial score (nSPS) is 15.9. The molecule has 0 N–H and O–H groups in total. The Balaban J connectivity index is 1.99. The van der Waals surface area contributed by atoms with E-state index in [9.17, 15) is 18.0 Å². The number of halogens is 3. The number of nitrogens with zero attached hydrogens (tertiary/aromatic N) is 5. The molecule has 10 heteroatoms. The molecule has 0 atom stereocenters. The van der Waals surface area contributed by atoms with Gasteiger partial charge in [-0.15, -0.1) is 11.3 Å². The maximum Gasteiger partial charge on any atom is 0.416 e. The number of alkyl halides is 3. The minimum Gasteiger partial charge on any atom is -0.382 e. The fourth-order valence-electron chi connectivity index (χ4n) is 3.47. The first kappa shape index (κ1) is 23.5. The number of thiazole rings is 1. The largest absolute Gasteiger partial charge is 0.416 e. The predicted octanol–water partition coefficient (Wildman–Crippen LogP) is 5.07. The van der Waals surface area contributed by atoms with Crippen molar-refractivity contribution in [1.82, 2.24) is 14.8 Å². The summed E-state index contributed by atoms with van der Waals surface area (Å²) in [6, 6.07) is 12.3. The van der Waals surface area contributed by atoms with Gasteiger partial charge in [0, 0.05) is 40.1 Å². The molecule has 4 rings (SSSR count). The number of fused-ring (bicyclic) bond motifs is 1. The first-order valence-electron chi connectivity index (χ1n) is 10.3. The third kappa shape index (κ3) is 4.54. The van der Waals surface area contributed by atoms with Gasteiger partial charge in [0.05, 0.1) is 22.1 Å². The topological polar surface area (TPSA) is 52.0 Å². The van der Waals surface area contributed by atoms with Crippen LogP contribution < -0.4 is 4.90 Å². The molecule has 176 valence electrons. The highest BCUT2D eigenvalue weighted by atomic mass is 32.1. The SMILES string of the molecule is CN(C)C=NC1=C(c2nc3ccccc3s2)C(=O)C(=CN(C)C)N1c1cccc(C(F)(F)F)c1. The second kappa shape index (κ2) is 8.94. The average Bonchev–Trinajstić information content (AvgIpc) is 3.30. The van der Waals surface area contributed by atoms with Crippen molar-refractivity contribution in [2.24, 2.45) is 4.99 Å². The van der Waals surface area contributed by atoms with Crippen molar-refractivity contribution in [3.8, 4) is 0 Å². The van der Waals surface area contributed by atoms with Gasteiger partial charge in [-0.3, -0.25) is 9.69 Å². The van der Waals surface area contributed by atoms with Gasteiger partial charge in [0.15, 0.2) is 5.82 Å². The first-order chi connectivity index (χ1) is 16.1. The molecule has 2 heterocycles. The lowest BCUT2D eigenvalue weighted by molar-refractivity contribution is -0.137. The molecule has 1 aliphatic rings. The second-order valence-electron chi connectivity index (χ2n) is 8.08. The van der Waals surface area contributed by atoms with Gasteiger partial charge in [0.25, 0.3) is 0 Å². The monoisotopic (exact) mass is 485 g/mol. The number of anilines is 1. The Hall–Kier alpha value is -3.66. The van der Waals surface area contributed by atoms with Crippen LogP contribution in [0, 0.1) is 0 Å². The second-order valence-corrected chi connectivity index (χ2v) is 9.11. The van der Waals surface area contributed by atoms with E-state index in [4.69, 9.17) is 0 Å². The van der Waals surface area contributed by atoms with Gasteiger partial charge in [0.2, 0.25) is 5.78 Å². The van der Waals surface area contributed by atoms with Gasteiger partial charge in [-0.1, -0.05) is 18.2 Å². The van der Waals surface area contributed by atoms with Crippen molar-refractivity contribution < 1.29 is 18.0 Å². The van der Waals surface area contributed by atoms with E-state index in [1.54, 1.807) is 44.2 Å². The molecule has 1 aromatic heterocycles. The van der Waals surface area contributed by atoms with Gasteiger partial charge in [-0.2, -0.15) is 13.2 Å². The molecule has 0 amide bonds. The van der Waals surface area contributed by atoms with Crippen molar-refractivity contribution >= 4 is 44.9 Å². The maximum absolute atomic E-state index is 13.7. The van der Waals surface area contributed by atoms with E-state index in [0.29, 0.717) is 5.01 Å². The number of rotatable bonds is 5. The van der Waals surface area contributed by atoms with Gasteiger partial charge in [-0.05, 0) is 30.3 Å². The summed E-state index contributed by atoms with van der Waals surface area (Å²) in [4.78, 5) is 27.7. The molecule has 3 aromatic rings. The Morgan fingerprint density at radius 1 is 1.03 bits per heavy atom. The van der Waals surface area contributed by atoms with E-state index >= 15 is 0 Å². The van der Waals surface area contributed by atoms with Crippen LogP contribution in [0.25, 0.3) is 15.8 Å². The minimum atomic E-state index is -4.53. The summed E-state index contributed by atoms with van der Waals surface area (Å²) in [6.45, 7) is 0.